The summed E-state index contributed by atoms with van der Waals surface area (Å²) in [6.45, 7) is 8.75. The van der Waals surface area contributed by atoms with Crippen LogP contribution in [0.15, 0.2) is 42.5 Å². The molecule has 3 rings (SSSR count). The van der Waals surface area contributed by atoms with Crippen molar-refractivity contribution in [1.82, 2.24) is 4.90 Å². The third-order valence-corrected chi connectivity index (χ3v) is 4.03. The van der Waals surface area contributed by atoms with Gasteiger partial charge in [0.2, 0.25) is 0 Å². The fraction of sp³-hybridized carbons (Fsp3) is 0.421. The molecule has 0 aromatic heterocycles. The van der Waals surface area contributed by atoms with Crippen LogP contribution in [0, 0.1) is 0 Å². The Bertz CT molecular complexity index is 698. The zero-order valence-electron chi connectivity index (χ0n) is 14.1. The number of hydrogen-bond donors (Lipinski definition) is 0. The number of nitrogens with zero attached hydrogens (tertiary/aromatic N) is 2. The second-order valence-electron chi connectivity index (χ2n) is 6.99. The molecule has 1 aliphatic heterocycles. The molecule has 1 saturated heterocycles. The van der Waals surface area contributed by atoms with Crippen molar-refractivity contribution in [3.63, 3.8) is 0 Å². The van der Waals surface area contributed by atoms with Crippen molar-refractivity contribution in [3.05, 3.63) is 42.5 Å². The first-order chi connectivity index (χ1) is 10.9. The van der Waals surface area contributed by atoms with Crippen molar-refractivity contribution in [2.45, 2.75) is 26.4 Å². The predicted octanol–water partition coefficient (Wildman–Crippen LogP) is 3.90. The van der Waals surface area contributed by atoms with Gasteiger partial charge in [-0.15, -0.1) is 0 Å². The summed E-state index contributed by atoms with van der Waals surface area (Å²) in [6.07, 6.45) is -0.212. The van der Waals surface area contributed by atoms with E-state index in [-0.39, 0.29) is 6.09 Å². The van der Waals surface area contributed by atoms with E-state index in [4.69, 9.17) is 4.74 Å². The lowest BCUT2D eigenvalue weighted by Crippen LogP contribution is -2.50. The SMILES string of the molecule is CC(C)(C)OC(=O)N1CCN(c2ccc3ccccc3c2)CC1. The average Bonchev–Trinajstić information content (AvgIpc) is 2.53. The van der Waals surface area contributed by atoms with E-state index < -0.39 is 5.60 Å². The molecule has 0 unspecified atom stereocenters. The maximum atomic E-state index is 12.1. The lowest BCUT2D eigenvalue weighted by Gasteiger charge is -2.36. The first kappa shape index (κ1) is 15.7. The van der Waals surface area contributed by atoms with Gasteiger partial charge in [0.1, 0.15) is 5.60 Å². The van der Waals surface area contributed by atoms with Gasteiger partial charge in [0, 0.05) is 31.9 Å². The minimum absolute atomic E-state index is 0.212. The summed E-state index contributed by atoms with van der Waals surface area (Å²) in [5.41, 5.74) is 0.777. The van der Waals surface area contributed by atoms with Gasteiger partial charge < -0.3 is 14.5 Å². The van der Waals surface area contributed by atoms with Gasteiger partial charge in [0.15, 0.2) is 0 Å². The summed E-state index contributed by atoms with van der Waals surface area (Å²) in [7, 11) is 0. The molecule has 0 bridgehead atoms. The summed E-state index contributed by atoms with van der Waals surface area (Å²) in [5.74, 6) is 0. The van der Waals surface area contributed by atoms with Crippen molar-refractivity contribution in [1.29, 1.82) is 0 Å². The molecule has 1 heterocycles. The molecule has 0 spiro atoms. The molecular weight excluding hydrogens is 288 g/mol. The number of carbonyl (C=O) groups excluding carboxylic acids is 1. The van der Waals surface area contributed by atoms with E-state index in [0.717, 1.165) is 13.1 Å². The van der Waals surface area contributed by atoms with E-state index >= 15 is 0 Å². The minimum atomic E-state index is -0.438. The minimum Gasteiger partial charge on any atom is -0.444 e. The van der Waals surface area contributed by atoms with Crippen LogP contribution < -0.4 is 4.90 Å². The number of ether oxygens (including phenoxy) is 1. The summed E-state index contributed by atoms with van der Waals surface area (Å²) >= 11 is 0. The molecule has 0 N–H and O–H groups in total. The van der Waals surface area contributed by atoms with E-state index in [1.165, 1.54) is 16.5 Å². The molecule has 4 nitrogen and oxygen atoms in total. The van der Waals surface area contributed by atoms with Gasteiger partial charge >= 0.3 is 6.09 Å². The Balaban J connectivity index is 1.65. The van der Waals surface area contributed by atoms with Gasteiger partial charge in [-0.05, 0) is 43.7 Å². The number of piperazine rings is 1. The molecule has 1 amide bonds. The Hall–Kier alpha value is -2.23. The molecule has 2 aromatic carbocycles. The number of fused-ring (bicyclic) bond motifs is 1. The van der Waals surface area contributed by atoms with Crippen LogP contribution in [0.4, 0.5) is 10.5 Å². The number of hydrogen-bond acceptors (Lipinski definition) is 3. The first-order valence-electron chi connectivity index (χ1n) is 8.14. The number of benzene rings is 2. The van der Waals surface area contributed by atoms with E-state index in [2.05, 4.69) is 47.4 Å². The molecule has 0 saturated carbocycles. The molecule has 0 aliphatic carbocycles. The Morgan fingerprint density at radius 3 is 2.26 bits per heavy atom. The smallest absolute Gasteiger partial charge is 0.410 e. The van der Waals surface area contributed by atoms with Crippen LogP contribution in [-0.2, 0) is 4.74 Å². The maximum Gasteiger partial charge on any atom is 0.410 e. The topological polar surface area (TPSA) is 32.8 Å². The second-order valence-corrected chi connectivity index (χ2v) is 6.99. The van der Waals surface area contributed by atoms with Crippen LogP contribution in [0.3, 0.4) is 0 Å². The summed E-state index contributed by atoms with van der Waals surface area (Å²) in [5, 5.41) is 2.50. The number of rotatable bonds is 1. The number of anilines is 1. The van der Waals surface area contributed by atoms with Gasteiger partial charge in [-0.25, -0.2) is 4.79 Å². The van der Waals surface area contributed by atoms with Gasteiger partial charge in [-0.1, -0.05) is 30.3 Å². The van der Waals surface area contributed by atoms with Gasteiger partial charge in [0.25, 0.3) is 0 Å². The number of amides is 1. The zero-order chi connectivity index (χ0) is 16.4. The zero-order valence-corrected chi connectivity index (χ0v) is 14.1. The highest BCUT2D eigenvalue weighted by atomic mass is 16.6. The van der Waals surface area contributed by atoms with Gasteiger partial charge in [-0.3, -0.25) is 0 Å². The van der Waals surface area contributed by atoms with Crippen molar-refractivity contribution < 1.29 is 9.53 Å². The lowest BCUT2D eigenvalue weighted by molar-refractivity contribution is 0.0240. The third kappa shape index (κ3) is 3.76. The third-order valence-electron chi connectivity index (χ3n) is 4.03. The number of carbonyl (C=O) groups is 1. The van der Waals surface area contributed by atoms with Gasteiger partial charge in [0.05, 0.1) is 0 Å². The van der Waals surface area contributed by atoms with Crippen molar-refractivity contribution in [2.24, 2.45) is 0 Å². The molecule has 0 atom stereocenters. The average molecular weight is 312 g/mol. The summed E-state index contributed by atoms with van der Waals surface area (Å²) in [4.78, 5) is 16.2. The standard InChI is InChI=1S/C19H24N2O2/c1-19(2,3)23-18(22)21-12-10-20(11-13-21)17-9-8-15-6-4-5-7-16(15)14-17/h4-9,14H,10-13H2,1-3H3. The Labute approximate surface area is 137 Å². The molecule has 1 aliphatic rings. The molecule has 23 heavy (non-hydrogen) atoms. The maximum absolute atomic E-state index is 12.1. The highest BCUT2D eigenvalue weighted by Gasteiger charge is 2.25. The molecule has 1 fully saturated rings. The highest BCUT2D eigenvalue weighted by Crippen LogP contribution is 2.23. The molecule has 0 radical (unpaired) electrons. The Morgan fingerprint density at radius 1 is 0.957 bits per heavy atom. The van der Waals surface area contributed by atoms with Crippen molar-refractivity contribution >= 4 is 22.6 Å². The fourth-order valence-electron chi connectivity index (χ4n) is 2.85. The van der Waals surface area contributed by atoms with Gasteiger partial charge in [-0.2, -0.15) is 0 Å². The summed E-state index contributed by atoms with van der Waals surface area (Å²) < 4.78 is 5.44. The molecule has 2 aromatic rings. The largest absolute Gasteiger partial charge is 0.444 e. The van der Waals surface area contributed by atoms with Crippen molar-refractivity contribution in [2.75, 3.05) is 31.1 Å². The first-order valence-corrected chi connectivity index (χ1v) is 8.14. The van der Waals surface area contributed by atoms with Crippen LogP contribution in [0.25, 0.3) is 10.8 Å². The quantitative estimate of drug-likeness (QED) is 0.800. The molecule has 122 valence electrons. The van der Waals surface area contributed by atoms with E-state index in [0.29, 0.717) is 13.1 Å². The van der Waals surface area contributed by atoms with Crippen LogP contribution in [0.1, 0.15) is 20.8 Å². The summed E-state index contributed by atoms with van der Waals surface area (Å²) in [6, 6.07) is 14.9. The van der Waals surface area contributed by atoms with Crippen LogP contribution in [0.5, 0.6) is 0 Å². The van der Waals surface area contributed by atoms with Crippen molar-refractivity contribution in [3.8, 4) is 0 Å². The fourth-order valence-corrected chi connectivity index (χ4v) is 2.85. The van der Waals surface area contributed by atoms with E-state index in [1.54, 1.807) is 4.90 Å². The van der Waals surface area contributed by atoms with Crippen LogP contribution in [0.2, 0.25) is 0 Å². The Kier molecular flexibility index (Phi) is 4.16. The van der Waals surface area contributed by atoms with E-state index in [9.17, 15) is 4.79 Å². The second kappa shape index (κ2) is 6.11. The normalized spacial score (nSPS) is 15.8. The predicted molar refractivity (Wildman–Crippen MR) is 94.0 cm³/mol. The lowest BCUT2D eigenvalue weighted by atomic mass is 10.1. The van der Waals surface area contributed by atoms with E-state index in [1.807, 2.05) is 20.8 Å². The highest BCUT2D eigenvalue weighted by molar-refractivity contribution is 5.85. The molecular formula is C19H24N2O2. The Morgan fingerprint density at radius 2 is 1.61 bits per heavy atom. The monoisotopic (exact) mass is 312 g/mol. The van der Waals surface area contributed by atoms with Crippen LogP contribution in [-0.4, -0.2) is 42.8 Å². The van der Waals surface area contributed by atoms with Crippen LogP contribution >= 0.6 is 0 Å². The molecule has 4 heteroatoms.